The highest BCUT2D eigenvalue weighted by Crippen LogP contribution is 1.99. The Kier molecular flexibility index (Phi) is 2.78. The van der Waals surface area contributed by atoms with E-state index in [2.05, 4.69) is 29.0 Å². The molecule has 1 heterocycles. The van der Waals surface area contributed by atoms with Crippen molar-refractivity contribution in [1.82, 2.24) is 5.32 Å². The van der Waals surface area contributed by atoms with Crippen LogP contribution in [0.15, 0.2) is 23.6 Å². The summed E-state index contributed by atoms with van der Waals surface area (Å²) in [7, 11) is 0. The molecule has 0 aromatic rings. The topological polar surface area (TPSA) is 12.0 Å². The van der Waals surface area contributed by atoms with Crippen molar-refractivity contribution >= 4 is 11.8 Å². The summed E-state index contributed by atoms with van der Waals surface area (Å²) in [5.74, 6) is 1.03. The van der Waals surface area contributed by atoms with Gasteiger partial charge in [-0.15, -0.1) is 11.8 Å². The zero-order chi connectivity index (χ0) is 5.66. The van der Waals surface area contributed by atoms with Crippen molar-refractivity contribution in [3.8, 4) is 0 Å². The van der Waals surface area contributed by atoms with Gasteiger partial charge in [0.2, 0.25) is 0 Å². The molecule has 0 saturated heterocycles. The fourth-order valence-corrected chi connectivity index (χ4v) is 1.03. The van der Waals surface area contributed by atoms with Gasteiger partial charge in [0.25, 0.3) is 0 Å². The van der Waals surface area contributed by atoms with E-state index >= 15 is 0 Å². The molecule has 0 saturated carbocycles. The molecule has 1 N–H and O–H groups in total. The number of thioether (sulfide) groups is 1. The molecular weight excluding hydrogens is 118 g/mol. The summed E-state index contributed by atoms with van der Waals surface area (Å²) in [4.78, 5) is 0. The molecule has 8 heavy (non-hydrogen) atoms. The molecule has 0 amide bonds. The van der Waals surface area contributed by atoms with E-state index < -0.39 is 0 Å². The molecule has 0 fully saturated rings. The number of allylic oxidation sites excluding steroid dienone is 2. The molecule has 1 nitrogen and oxygen atoms in total. The van der Waals surface area contributed by atoms with Crippen LogP contribution in [-0.2, 0) is 0 Å². The minimum Gasteiger partial charge on any atom is -0.304 e. The van der Waals surface area contributed by atoms with Gasteiger partial charge in [0.1, 0.15) is 0 Å². The van der Waals surface area contributed by atoms with Crippen LogP contribution in [0.5, 0.6) is 0 Å². The molecule has 0 aromatic carbocycles. The van der Waals surface area contributed by atoms with Gasteiger partial charge >= 0.3 is 0 Å². The van der Waals surface area contributed by atoms with Crippen LogP contribution in [-0.4, -0.2) is 12.4 Å². The molecule has 44 valence electrons. The maximum absolute atomic E-state index is 3.21. The molecule has 0 spiro atoms. The maximum Gasteiger partial charge on any atom is 0.0462 e. The second kappa shape index (κ2) is 3.75. The summed E-state index contributed by atoms with van der Waals surface area (Å²) in [5, 5.41) is 5.30. The summed E-state index contributed by atoms with van der Waals surface area (Å²) in [5.41, 5.74) is 0. The summed E-state index contributed by atoms with van der Waals surface area (Å²) in [6.07, 6.45) is 6.22. The fourth-order valence-electron chi connectivity index (χ4n) is 0.497. The van der Waals surface area contributed by atoms with Gasteiger partial charge in [-0.3, -0.25) is 0 Å². The zero-order valence-electron chi connectivity index (χ0n) is 4.63. The minimum atomic E-state index is 0.997. The lowest BCUT2D eigenvalue weighted by Crippen LogP contribution is -2.11. The SMILES string of the molecule is C1=CCNCSC=C1. The predicted octanol–water partition coefficient (Wildman–Crippen LogP) is 1.35. The van der Waals surface area contributed by atoms with Gasteiger partial charge in [0, 0.05) is 12.4 Å². The second-order valence-corrected chi connectivity index (χ2v) is 2.42. The molecular formula is C6H9NS. The van der Waals surface area contributed by atoms with Crippen molar-refractivity contribution < 1.29 is 0 Å². The van der Waals surface area contributed by atoms with Gasteiger partial charge in [-0.25, -0.2) is 0 Å². The molecule has 0 radical (unpaired) electrons. The fraction of sp³-hybridized carbons (Fsp3) is 0.333. The summed E-state index contributed by atoms with van der Waals surface area (Å²) in [6, 6.07) is 0. The van der Waals surface area contributed by atoms with Gasteiger partial charge < -0.3 is 5.32 Å². The highest BCUT2D eigenvalue weighted by atomic mass is 32.2. The quantitative estimate of drug-likeness (QED) is 0.527. The van der Waals surface area contributed by atoms with Gasteiger partial charge in [-0.1, -0.05) is 18.2 Å². The van der Waals surface area contributed by atoms with Crippen molar-refractivity contribution in [2.24, 2.45) is 0 Å². The van der Waals surface area contributed by atoms with E-state index in [0.717, 1.165) is 12.4 Å². The van der Waals surface area contributed by atoms with Crippen LogP contribution in [0.2, 0.25) is 0 Å². The number of nitrogens with one attached hydrogen (secondary N) is 1. The van der Waals surface area contributed by atoms with Crippen molar-refractivity contribution in [2.75, 3.05) is 12.4 Å². The van der Waals surface area contributed by atoms with E-state index in [-0.39, 0.29) is 0 Å². The molecule has 1 aliphatic heterocycles. The molecule has 0 unspecified atom stereocenters. The Morgan fingerprint density at radius 1 is 1.38 bits per heavy atom. The highest BCUT2D eigenvalue weighted by Gasteiger charge is 1.81. The van der Waals surface area contributed by atoms with E-state index in [0.29, 0.717) is 0 Å². The average molecular weight is 127 g/mol. The first-order valence-electron chi connectivity index (χ1n) is 2.64. The molecule has 0 bridgehead atoms. The third-order valence-electron chi connectivity index (χ3n) is 0.870. The summed E-state index contributed by atoms with van der Waals surface area (Å²) >= 11 is 1.79. The molecule has 1 rings (SSSR count). The Morgan fingerprint density at radius 2 is 2.38 bits per heavy atom. The van der Waals surface area contributed by atoms with Crippen molar-refractivity contribution in [3.63, 3.8) is 0 Å². The normalized spacial score (nSPS) is 20.0. The smallest absolute Gasteiger partial charge is 0.0462 e. The van der Waals surface area contributed by atoms with Crippen LogP contribution in [0.3, 0.4) is 0 Å². The number of rotatable bonds is 0. The van der Waals surface area contributed by atoms with E-state index in [4.69, 9.17) is 0 Å². The molecule has 0 aliphatic carbocycles. The van der Waals surface area contributed by atoms with Crippen LogP contribution in [0, 0.1) is 0 Å². The van der Waals surface area contributed by atoms with Crippen molar-refractivity contribution in [1.29, 1.82) is 0 Å². The summed E-state index contributed by atoms with van der Waals surface area (Å²) < 4.78 is 0. The highest BCUT2D eigenvalue weighted by molar-refractivity contribution is 8.02. The van der Waals surface area contributed by atoms with Gasteiger partial charge in [0.05, 0.1) is 0 Å². The largest absolute Gasteiger partial charge is 0.304 e. The molecule has 0 atom stereocenters. The van der Waals surface area contributed by atoms with E-state index in [1.54, 1.807) is 11.8 Å². The van der Waals surface area contributed by atoms with Gasteiger partial charge in [-0.05, 0) is 5.41 Å². The molecule has 2 heteroatoms. The average Bonchev–Trinajstić information content (AvgIpc) is 1.62. The van der Waals surface area contributed by atoms with Gasteiger partial charge in [-0.2, -0.15) is 0 Å². The van der Waals surface area contributed by atoms with E-state index in [1.165, 1.54) is 0 Å². The first kappa shape index (κ1) is 5.92. The molecule has 0 aromatic heterocycles. The van der Waals surface area contributed by atoms with E-state index in [9.17, 15) is 0 Å². The Labute approximate surface area is 53.9 Å². The number of hydrogen-bond donors (Lipinski definition) is 1. The van der Waals surface area contributed by atoms with Crippen LogP contribution >= 0.6 is 11.8 Å². The second-order valence-electron chi connectivity index (χ2n) is 1.52. The van der Waals surface area contributed by atoms with Crippen LogP contribution < -0.4 is 5.32 Å². The van der Waals surface area contributed by atoms with Crippen LogP contribution in [0.1, 0.15) is 0 Å². The lowest BCUT2D eigenvalue weighted by Gasteiger charge is -1.97. The Balaban J connectivity index is 2.33. The first-order valence-corrected chi connectivity index (χ1v) is 3.69. The third kappa shape index (κ3) is 2.19. The van der Waals surface area contributed by atoms with Gasteiger partial charge in [0.15, 0.2) is 0 Å². The van der Waals surface area contributed by atoms with Crippen molar-refractivity contribution in [2.45, 2.75) is 0 Å². The minimum absolute atomic E-state index is 0.997. The maximum atomic E-state index is 3.21. The Hall–Kier alpha value is -0.210. The van der Waals surface area contributed by atoms with Crippen molar-refractivity contribution in [3.05, 3.63) is 23.6 Å². The van der Waals surface area contributed by atoms with E-state index in [1.807, 2.05) is 0 Å². The van der Waals surface area contributed by atoms with Crippen LogP contribution in [0.4, 0.5) is 0 Å². The first-order chi connectivity index (χ1) is 4.00. The number of hydrogen-bond acceptors (Lipinski definition) is 2. The predicted molar refractivity (Wildman–Crippen MR) is 38.7 cm³/mol. The lowest BCUT2D eigenvalue weighted by molar-refractivity contribution is 0.892. The summed E-state index contributed by atoms with van der Waals surface area (Å²) in [6.45, 7) is 0.997. The zero-order valence-corrected chi connectivity index (χ0v) is 5.45. The monoisotopic (exact) mass is 127 g/mol. The lowest BCUT2D eigenvalue weighted by atomic mass is 10.5. The third-order valence-corrected chi connectivity index (χ3v) is 1.59. The van der Waals surface area contributed by atoms with Crippen LogP contribution in [0.25, 0.3) is 0 Å². The Morgan fingerprint density at radius 3 is 3.38 bits per heavy atom. The molecule has 1 aliphatic rings. The Bertz CT molecular complexity index is 93.1. The standard InChI is InChI=1S/C6H9NS/c1-2-4-7-6-8-5-3-1/h1-3,5,7H,4,6H2.